The summed E-state index contributed by atoms with van der Waals surface area (Å²) in [5, 5.41) is 2.81. The second-order valence-corrected chi connectivity index (χ2v) is 9.12. The van der Waals surface area contributed by atoms with Gasteiger partial charge in [0.1, 0.15) is 0 Å². The molecule has 0 saturated carbocycles. The van der Waals surface area contributed by atoms with E-state index in [1.807, 2.05) is 18.7 Å². The summed E-state index contributed by atoms with van der Waals surface area (Å²) in [5.74, 6) is -0.108. The number of amides is 3. The third kappa shape index (κ3) is 4.47. The van der Waals surface area contributed by atoms with E-state index in [-0.39, 0.29) is 28.9 Å². The molecule has 0 unspecified atom stereocenters. The SMILES string of the molecule is CC[C@H](C)NS(=O)(=O)c1ccc(C(=O)N2CCC(N3CCNC3=O)CC2)cc1. The van der Waals surface area contributed by atoms with Crippen molar-refractivity contribution in [3.8, 4) is 0 Å². The topological polar surface area (TPSA) is 98.8 Å². The van der Waals surface area contributed by atoms with Crippen LogP contribution in [0.2, 0.25) is 0 Å². The van der Waals surface area contributed by atoms with Crippen LogP contribution in [-0.4, -0.2) is 68.4 Å². The summed E-state index contributed by atoms with van der Waals surface area (Å²) >= 11 is 0. The average molecular weight is 409 g/mol. The van der Waals surface area contributed by atoms with Crippen molar-refractivity contribution in [3.05, 3.63) is 29.8 Å². The molecule has 0 bridgehead atoms. The number of piperidine rings is 1. The molecule has 2 fully saturated rings. The van der Waals surface area contributed by atoms with Crippen LogP contribution < -0.4 is 10.0 Å². The van der Waals surface area contributed by atoms with Crippen LogP contribution in [0.15, 0.2) is 29.2 Å². The molecule has 2 saturated heterocycles. The fourth-order valence-corrected chi connectivity index (χ4v) is 4.92. The molecule has 0 aliphatic carbocycles. The Balaban J connectivity index is 1.60. The van der Waals surface area contributed by atoms with Gasteiger partial charge in [0.2, 0.25) is 10.0 Å². The van der Waals surface area contributed by atoms with E-state index in [4.69, 9.17) is 0 Å². The summed E-state index contributed by atoms with van der Waals surface area (Å²) in [7, 11) is -3.58. The van der Waals surface area contributed by atoms with Crippen molar-refractivity contribution < 1.29 is 18.0 Å². The van der Waals surface area contributed by atoms with Crippen molar-refractivity contribution in [1.29, 1.82) is 0 Å². The van der Waals surface area contributed by atoms with Crippen molar-refractivity contribution in [2.24, 2.45) is 0 Å². The van der Waals surface area contributed by atoms with E-state index >= 15 is 0 Å². The summed E-state index contributed by atoms with van der Waals surface area (Å²) in [5.41, 5.74) is 0.472. The van der Waals surface area contributed by atoms with Gasteiger partial charge >= 0.3 is 6.03 Å². The fraction of sp³-hybridized carbons (Fsp3) is 0.579. The van der Waals surface area contributed by atoms with Gasteiger partial charge in [0.25, 0.3) is 5.91 Å². The number of likely N-dealkylation sites (tertiary alicyclic amines) is 1. The zero-order valence-corrected chi connectivity index (χ0v) is 17.2. The van der Waals surface area contributed by atoms with Gasteiger partial charge in [-0.25, -0.2) is 17.9 Å². The van der Waals surface area contributed by atoms with Crippen molar-refractivity contribution in [1.82, 2.24) is 19.8 Å². The summed E-state index contributed by atoms with van der Waals surface area (Å²) in [6, 6.07) is 6.07. The van der Waals surface area contributed by atoms with Crippen LogP contribution in [0.5, 0.6) is 0 Å². The lowest BCUT2D eigenvalue weighted by Crippen LogP contribution is -2.47. The first-order chi connectivity index (χ1) is 13.3. The van der Waals surface area contributed by atoms with Gasteiger partial charge in [0.05, 0.1) is 4.90 Å². The van der Waals surface area contributed by atoms with Crippen molar-refractivity contribution in [2.75, 3.05) is 26.2 Å². The van der Waals surface area contributed by atoms with Gasteiger partial charge in [-0.3, -0.25) is 4.79 Å². The molecule has 1 aromatic rings. The van der Waals surface area contributed by atoms with Gasteiger partial charge in [-0.2, -0.15) is 0 Å². The molecule has 2 heterocycles. The quantitative estimate of drug-likeness (QED) is 0.743. The molecule has 28 heavy (non-hydrogen) atoms. The van der Waals surface area contributed by atoms with Gasteiger partial charge in [-0.1, -0.05) is 6.92 Å². The monoisotopic (exact) mass is 408 g/mol. The molecule has 0 spiro atoms. The van der Waals surface area contributed by atoms with Crippen LogP contribution in [0.1, 0.15) is 43.5 Å². The second kappa shape index (κ2) is 8.48. The molecule has 8 nitrogen and oxygen atoms in total. The minimum atomic E-state index is -3.58. The molecule has 1 aromatic carbocycles. The average Bonchev–Trinajstić information content (AvgIpc) is 3.13. The largest absolute Gasteiger partial charge is 0.338 e. The second-order valence-electron chi connectivity index (χ2n) is 7.40. The van der Waals surface area contributed by atoms with E-state index in [1.165, 1.54) is 12.1 Å². The molecular weight excluding hydrogens is 380 g/mol. The maximum absolute atomic E-state index is 12.7. The third-order valence-corrected chi connectivity index (χ3v) is 7.07. The van der Waals surface area contributed by atoms with Crippen LogP contribution in [0.25, 0.3) is 0 Å². The van der Waals surface area contributed by atoms with Crippen LogP contribution in [-0.2, 0) is 10.0 Å². The van der Waals surface area contributed by atoms with Gasteiger partial charge in [-0.05, 0) is 50.5 Å². The first-order valence-corrected chi connectivity index (χ1v) is 11.3. The van der Waals surface area contributed by atoms with E-state index < -0.39 is 10.0 Å². The Morgan fingerprint density at radius 2 is 1.86 bits per heavy atom. The lowest BCUT2D eigenvalue weighted by Gasteiger charge is -2.36. The van der Waals surface area contributed by atoms with Crippen molar-refractivity contribution in [2.45, 2.75) is 50.1 Å². The van der Waals surface area contributed by atoms with Gasteiger partial charge in [0, 0.05) is 43.8 Å². The molecule has 0 radical (unpaired) electrons. The van der Waals surface area contributed by atoms with Gasteiger partial charge < -0.3 is 15.1 Å². The minimum Gasteiger partial charge on any atom is -0.338 e. The Bertz CT molecular complexity index is 817. The molecule has 2 aliphatic heterocycles. The number of urea groups is 1. The zero-order valence-electron chi connectivity index (χ0n) is 16.3. The number of carbonyl (C=O) groups is 2. The molecule has 0 aromatic heterocycles. The summed E-state index contributed by atoms with van der Waals surface area (Å²) < 4.78 is 27.3. The van der Waals surface area contributed by atoms with Crippen LogP contribution in [0, 0.1) is 0 Å². The van der Waals surface area contributed by atoms with E-state index in [9.17, 15) is 18.0 Å². The number of carbonyl (C=O) groups excluding carboxylic acids is 2. The number of rotatable bonds is 6. The molecule has 3 rings (SSSR count). The van der Waals surface area contributed by atoms with Crippen LogP contribution >= 0.6 is 0 Å². The third-order valence-electron chi connectivity index (χ3n) is 5.46. The Kier molecular flexibility index (Phi) is 6.24. The summed E-state index contributed by atoms with van der Waals surface area (Å²) in [4.78, 5) is 28.3. The first-order valence-electron chi connectivity index (χ1n) is 9.78. The lowest BCUT2D eigenvalue weighted by atomic mass is 10.0. The number of nitrogens with zero attached hydrogens (tertiary/aromatic N) is 2. The highest BCUT2D eigenvalue weighted by atomic mass is 32.2. The van der Waals surface area contributed by atoms with Gasteiger partial charge in [0.15, 0.2) is 0 Å². The number of benzene rings is 1. The first kappa shape index (κ1) is 20.6. The maximum Gasteiger partial charge on any atom is 0.317 e. The van der Waals surface area contributed by atoms with E-state index in [0.717, 1.165) is 19.4 Å². The molecule has 2 aliphatic rings. The zero-order chi connectivity index (χ0) is 20.3. The molecule has 2 N–H and O–H groups in total. The standard InChI is InChI=1S/C19H28N4O4S/c1-3-14(2)21-28(26,27)17-6-4-15(5-7-17)18(24)22-11-8-16(9-12-22)23-13-10-20-19(23)25/h4-7,14,16,21H,3,8-13H2,1-2H3,(H,20,25)/t14-/m0/s1. The number of hydrogen-bond acceptors (Lipinski definition) is 4. The highest BCUT2D eigenvalue weighted by Crippen LogP contribution is 2.20. The molecule has 3 amide bonds. The van der Waals surface area contributed by atoms with Crippen molar-refractivity contribution in [3.63, 3.8) is 0 Å². The molecular formula is C19H28N4O4S. The normalized spacial score (nSPS) is 19.6. The predicted molar refractivity (Wildman–Crippen MR) is 106 cm³/mol. The summed E-state index contributed by atoms with van der Waals surface area (Å²) in [6.45, 7) is 6.29. The molecule has 154 valence electrons. The highest BCUT2D eigenvalue weighted by Gasteiger charge is 2.32. The predicted octanol–water partition coefficient (Wildman–Crippen LogP) is 1.39. The van der Waals surface area contributed by atoms with Crippen molar-refractivity contribution >= 4 is 22.0 Å². The summed E-state index contributed by atoms with van der Waals surface area (Å²) in [6.07, 6.45) is 2.21. The Morgan fingerprint density at radius 1 is 1.21 bits per heavy atom. The number of sulfonamides is 1. The van der Waals surface area contributed by atoms with E-state index in [0.29, 0.717) is 31.6 Å². The Morgan fingerprint density at radius 3 is 2.39 bits per heavy atom. The Hall–Kier alpha value is -2.13. The van der Waals surface area contributed by atoms with E-state index in [2.05, 4.69) is 10.0 Å². The number of hydrogen-bond donors (Lipinski definition) is 2. The molecule has 9 heteroatoms. The van der Waals surface area contributed by atoms with Crippen LogP contribution in [0.3, 0.4) is 0 Å². The maximum atomic E-state index is 12.7. The number of nitrogens with one attached hydrogen (secondary N) is 2. The molecule has 1 atom stereocenters. The highest BCUT2D eigenvalue weighted by molar-refractivity contribution is 7.89. The lowest BCUT2D eigenvalue weighted by molar-refractivity contribution is 0.0666. The van der Waals surface area contributed by atoms with Crippen LogP contribution in [0.4, 0.5) is 4.79 Å². The smallest absolute Gasteiger partial charge is 0.317 e. The Labute approximate surface area is 166 Å². The van der Waals surface area contributed by atoms with Gasteiger partial charge in [-0.15, -0.1) is 0 Å². The van der Waals surface area contributed by atoms with E-state index in [1.54, 1.807) is 17.0 Å². The fourth-order valence-electron chi connectivity index (χ4n) is 3.59. The minimum absolute atomic E-state index is 0.0208.